The Morgan fingerprint density at radius 1 is 1.29 bits per heavy atom. The van der Waals surface area contributed by atoms with Gasteiger partial charge in [-0.1, -0.05) is 39.7 Å². The van der Waals surface area contributed by atoms with Gasteiger partial charge < -0.3 is 4.90 Å². The van der Waals surface area contributed by atoms with Gasteiger partial charge in [0.15, 0.2) is 0 Å². The Morgan fingerprint density at radius 2 is 2.14 bits per heavy atom. The maximum absolute atomic E-state index is 8.88. The molecule has 1 aromatic heterocycles. The van der Waals surface area contributed by atoms with E-state index in [1.807, 2.05) is 36.5 Å². The minimum atomic E-state index is 0.467. The van der Waals surface area contributed by atoms with E-state index in [4.69, 9.17) is 16.9 Å². The molecule has 0 bridgehead atoms. The lowest BCUT2D eigenvalue weighted by Gasteiger charge is -2.26. The van der Waals surface area contributed by atoms with E-state index < -0.39 is 0 Å². The predicted molar refractivity (Wildman–Crippen MR) is 89.6 cm³/mol. The summed E-state index contributed by atoms with van der Waals surface area (Å²) in [4.78, 5) is 6.31. The lowest BCUT2D eigenvalue weighted by Crippen LogP contribution is -2.24. The van der Waals surface area contributed by atoms with Crippen molar-refractivity contribution in [3.8, 4) is 6.07 Å². The third-order valence-corrected chi connectivity index (χ3v) is 4.07. The first-order valence-electron chi connectivity index (χ1n) is 6.60. The molecule has 0 atom stereocenters. The zero-order valence-electron chi connectivity index (χ0n) is 11.5. The van der Waals surface area contributed by atoms with Gasteiger partial charge in [0.05, 0.1) is 12.5 Å². The van der Waals surface area contributed by atoms with E-state index in [-0.39, 0.29) is 0 Å². The standard InChI is InChI=1S/C16H15BrClN3/c17-10-14-15(18)5-1-6-16(14)21(9-3-7-19)12-13-4-2-8-20-11-13/h1-2,4-6,8,11H,3,9-10,12H2. The Bertz CT molecular complexity index is 625. The molecular formula is C16H15BrClN3. The van der Waals surface area contributed by atoms with Crippen LogP contribution in [0.25, 0.3) is 0 Å². The van der Waals surface area contributed by atoms with E-state index in [1.54, 1.807) is 6.20 Å². The molecule has 2 aromatic rings. The summed E-state index contributed by atoms with van der Waals surface area (Å²) >= 11 is 9.77. The second kappa shape index (κ2) is 8.02. The van der Waals surface area contributed by atoms with Crippen LogP contribution in [0, 0.1) is 11.3 Å². The van der Waals surface area contributed by atoms with Crippen LogP contribution in [-0.2, 0) is 11.9 Å². The zero-order chi connectivity index (χ0) is 15.1. The Labute approximate surface area is 138 Å². The molecule has 0 N–H and O–H groups in total. The second-order valence-electron chi connectivity index (χ2n) is 4.56. The van der Waals surface area contributed by atoms with Gasteiger partial charge in [0.2, 0.25) is 0 Å². The van der Waals surface area contributed by atoms with Gasteiger partial charge in [-0.25, -0.2) is 0 Å². The largest absolute Gasteiger partial charge is 0.366 e. The van der Waals surface area contributed by atoms with Crippen LogP contribution in [-0.4, -0.2) is 11.5 Å². The van der Waals surface area contributed by atoms with Crippen LogP contribution in [0.1, 0.15) is 17.5 Å². The smallest absolute Gasteiger partial charge is 0.0640 e. The monoisotopic (exact) mass is 363 g/mol. The van der Waals surface area contributed by atoms with Gasteiger partial charge in [-0.3, -0.25) is 4.98 Å². The number of anilines is 1. The second-order valence-corrected chi connectivity index (χ2v) is 5.53. The van der Waals surface area contributed by atoms with E-state index in [0.717, 1.165) is 21.8 Å². The van der Waals surface area contributed by atoms with Gasteiger partial charge >= 0.3 is 0 Å². The van der Waals surface area contributed by atoms with Gasteiger partial charge in [0.25, 0.3) is 0 Å². The summed E-state index contributed by atoms with van der Waals surface area (Å²) in [5.74, 6) is 0. The van der Waals surface area contributed by atoms with Gasteiger partial charge in [-0.15, -0.1) is 0 Å². The zero-order valence-corrected chi connectivity index (χ0v) is 13.8. The molecule has 21 heavy (non-hydrogen) atoms. The number of hydrogen-bond donors (Lipinski definition) is 0. The molecular weight excluding hydrogens is 350 g/mol. The van der Waals surface area contributed by atoms with Crippen LogP contribution >= 0.6 is 27.5 Å². The molecule has 0 saturated carbocycles. The number of nitriles is 1. The van der Waals surface area contributed by atoms with E-state index in [2.05, 4.69) is 31.9 Å². The minimum absolute atomic E-state index is 0.467. The van der Waals surface area contributed by atoms with Crippen LogP contribution in [0.15, 0.2) is 42.7 Å². The fourth-order valence-corrected chi connectivity index (χ4v) is 3.14. The first kappa shape index (κ1) is 15.8. The molecule has 108 valence electrons. The van der Waals surface area contributed by atoms with Crippen molar-refractivity contribution in [2.45, 2.75) is 18.3 Å². The van der Waals surface area contributed by atoms with Crippen molar-refractivity contribution in [1.82, 2.24) is 4.98 Å². The maximum atomic E-state index is 8.88. The van der Waals surface area contributed by atoms with Crippen molar-refractivity contribution in [3.63, 3.8) is 0 Å². The fourth-order valence-electron chi connectivity index (χ4n) is 2.16. The van der Waals surface area contributed by atoms with Crippen molar-refractivity contribution in [2.24, 2.45) is 0 Å². The molecule has 5 heteroatoms. The molecule has 0 fully saturated rings. The van der Waals surface area contributed by atoms with Crippen molar-refractivity contribution < 1.29 is 0 Å². The van der Waals surface area contributed by atoms with E-state index in [9.17, 15) is 0 Å². The number of rotatable bonds is 6. The van der Waals surface area contributed by atoms with Crippen LogP contribution in [0.3, 0.4) is 0 Å². The highest BCUT2D eigenvalue weighted by Crippen LogP contribution is 2.30. The highest BCUT2D eigenvalue weighted by molar-refractivity contribution is 9.08. The summed E-state index contributed by atoms with van der Waals surface area (Å²) in [5, 5.41) is 10.3. The first-order chi connectivity index (χ1) is 10.3. The molecule has 0 aliphatic carbocycles. The first-order valence-corrected chi connectivity index (χ1v) is 8.10. The highest BCUT2D eigenvalue weighted by atomic mass is 79.9. The summed E-state index contributed by atoms with van der Waals surface area (Å²) in [6.45, 7) is 1.36. The molecule has 1 heterocycles. The number of alkyl halides is 1. The summed E-state index contributed by atoms with van der Waals surface area (Å²) < 4.78 is 0. The van der Waals surface area contributed by atoms with Crippen LogP contribution in [0.2, 0.25) is 5.02 Å². The minimum Gasteiger partial charge on any atom is -0.366 e. The lowest BCUT2D eigenvalue weighted by atomic mass is 10.1. The maximum Gasteiger partial charge on any atom is 0.0640 e. The number of aromatic nitrogens is 1. The number of nitrogens with zero attached hydrogens (tertiary/aromatic N) is 3. The number of benzene rings is 1. The van der Waals surface area contributed by atoms with Crippen LogP contribution in [0.5, 0.6) is 0 Å². The molecule has 0 unspecified atom stereocenters. The lowest BCUT2D eigenvalue weighted by molar-refractivity contribution is 0.792. The average molecular weight is 365 g/mol. The average Bonchev–Trinajstić information content (AvgIpc) is 2.52. The molecule has 0 spiro atoms. The molecule has 2 rings (SSSR count). The third-order valence-electron chi connectivity index (χ3n) is 3.16. The molecule has 3 nitrogen and oxygen atoms in total. The predicted octanol–water partition coefficient (Wildman–Crippen LogP) is 4.55. The van der Waals surface area contributed by atoms with E-state index in [1.165, 1.54) is 0 Å². The molecule has 0 amide bonds. The Kier molecular flexibility index (Phi) is 6.04. The van der Waals surface area contributed by atoms with Crippen molar-refractivity contribution in [3.05, 3.63) is 58.9 Å². The molecule has 0 saturated heterocycles. The fraction of sp³-hybridized carbons (Fsp3) is 0.250. The summed E-state index contributed by atoms with van der Waals surface area (Å²) in [5.41, 5.74) is 3.20. The van der Waals surface area contributed by atoms with Crippen molar-refractivity contribution >= 4 is 33.2 Å². The molecule has 0 aliphatic heterocycles. The Morgan fingerprint density at radius 3 is 2.81 bits per heavy atom. The Balaban J connectivity index is 2.32. The normalized spacial score (nSPS) is 10.1. The van der Waals surface area contributed by atoms with Gasteiger partial charge in [-0.2, -0.15) is 5.26 Å². The highest BCUT2D eigenvalue weighted by Gasteiger charge is 2.13. The van der Waals surface area contributed by atoms with Crippen LogP contribution < -0.4 is 4.90 Å². The quantitative estimate of drug-likeness (QED) is 0.706. The third kappa shape index (κ3) is 4.20. The van der Waals surface area contributed by atoms with Crippen molar-refractivity contribution in [1.29, 1.82) is 5.26 Å². The van der Waals surface area contributed by atoms with Gasteiger partial charge in [0.1, 0.15) is 0 Å². The van der Waals surface area contributed by atoms with Crippen LogP contribution in [0.4, 0.5) is 5.69 Å². The number of hydrogen-bond acceptors (Lipinski definition) is 3. The van der Waals surface area contributed by atoms with Gasteiger partial charge in [0, 0.05) is 47.1 Å². The SMILES string of the molecule is N#CCCN(Cc1cccnc1)c1cccc(Cl)c1CBr. The molecule has 0 radical (unpaired) electrons. The summed E-state index contributed by atoms with van der Waals surface area (Å²) in [6.07, 6.45) is 4.07. The molecule has 1 aromatic carbocycles. The topological polar surface area (TPSA) is 39.9 Å². The number of halogens is 2. The van der Waals surface area contributed by atoms with E-state index in [0.29, 0.717) is 24.8 Å². The van der Waals surface area contributed by atoms with Crippen molar-refractivity contribution in [2.75, 3.05) is 11.4 Å². The summed E-state index contributed by atoms with van der Waals surface area (Å²) in [7, 11) is 0. The molecule has 0 aliphatic rings. The Hall–Kier alpha value is -1.57. The van der Waals surface area contributed by atoms with Gasteiger partial charge in [-0.05, 0) is 23.8 Å². The van der Waals surface area contributed by atoms with E-state index >= 15 is 0 Å². The number of pyridine rings is 1. The summed E-state index contributed by atoms with van der Waals surface area (Å²) in [6, 6.07) is 12.0.